The molecule has 6 heteroatoms. The minimum atomic E-state index is -0.615. The molecule has 0 saturated heterocycles. The average molecular weight is 296 g/mol. The number of aromatic nitrogens is 2. The monoisotopic (exact) mass is 296 g/mol. The van der Waals surface area contributed by atoms with Crippen molar-refractivity contribution in [1.29, 1.82) is 0 Å². The predicted octanol–water partition coefficient (Wildman–Crippen LogP) is 4.28. The molecule has 0 saturated carbocycles. The van der Waals surface area contributed by atoms with Crippen LogP contribution in [0.25, 0.3) is 11.0 Å². The lowest BCUT2D eigenvalue weighted by Gasteiger charge is -2.03. The predicted molar refractivity (Wildman–Crippen MR) is 75.1 cm³/mol. The smallest absolute Gasteiger partial charge is 0.178 e. The summed E-state index contributed by atoms with van der Waals surface area (Å²) in [5.41, 5.74) is 0.733. The van der Waals surface area contributed by atoms with E-state index in [0.717, 1.165) is 12.5 Å². The number of rotatable bonds is 3. The highest BCUT2D eigenvalue weighted by molar-refractivity contribution is 7.71. The number of halogens is 2. The molecule has 3 aromatic rings. The van der Waals surface area contributed by atoms with Gasteiger partial charge in [-0.3, -0.25) is 0 Å². The Labute approximate surface area is 117 Å². The molecule has 98 valence electrons. The number of imidazole rings is 1. The van der Waals surface area contributed by atoms with Crippen molar-refractivity contribution in [2.75, 3.05) is 0 Å². The first-order valence-electron chi connectivity index (χ1n) is 5.75. The second-order valence-corrected chi connectivity index (χ2v) is 5.61. The molecule has 0 unspecified atom stereocenters. The summed E-state index contributed by atoms with van der Waals surface area (Å²) >= 11 is 6.83. The topological polar surface area (TPSA) is 20.7 Å². The van der Waals surface area contributed by atoms with Crippen molar-refractivity contribution in [2.24, 2.45) is 0 Å². The van der Waals surface area contributed by atoms with Crippen LogP contribution in [0.1, 0.15) is 4.88 Å². The zero-order valence-electron chi connectivity index (χ0n) is 9.82. The van der Waals surface area contributed by atoms with Gasteiger partial charge in [0.2, 0.25) is 0 Å². The van der Waals surface area contributed by atoms with Gasteiger partial charge in [0.15, 0.2) is 10.6 Å². The third-order valence-electron chi connectivity index (χ3n) is 2.96. The van der Waals surface area contributed by atoms with E-state index in [2.05, 4.69) is 4.98 Å². The first-order valence-corrected chi connectivity index (χ1v) is 7.04. The molecule has 0 aliphatic rings. The number of fused-ring (bicyclic) bond motifs is 1. The van der Waals surface area contributed by atoms with E-state index in [4.69, 9.17) is 12.2 Å². The minimum absolute atomic E-state index is 0.262. The van der Waals surface area contributed by atoms with Gasteiger partial charge in [-0.25, -0.2) is 8.78 Å². The number of hydrogen-bond donors (Lipinski definition) is 1. The fraction of sp³-hybridized carbons (Fsp3) is 0.154. The molecule has 0 amide bonds. The summed E-state index contributed by atoms with van der Waals surface area (Å²) in [4.78, 5) is 4.01. The number of aryl methyl sites for hydroxylation is 2. The van der Waals surface area contributed by atoms with Gasteiger partial charge in [0.1, 0.15) is 11.3 Å². The van der Waals surface area contributed by atoms with Crippen molar-refractivity contribution in [3.8, 4) is 0 Å². The van der Waals surface area contributed by atoms with Crippen LogP contribution in [-0.2, 0) is 13.0 Å². The Balaban J connectivity index is 2.03. The summed E-state index contributed by atoms with van der Waals surface area (Å²) in [5.74, 6) is -1.21. The van der Waals surface area contributed by atoms with Crippen LogP contribution in [-0.4, -0.2) is 9.55 Å². The average Bonchev–Trinajstić information content (AvgIpc) is 2.95. The van der Waals surface area contributed by atoms with Crippen molar-refractivity contribution in [3.63, 3.8) is 0 Å². The molecule has 0 aliphatic heterocycles. The lowest BCUT2D eigenvalue weighted by atomic mass is 10.3. The summed E-state index contributed by atoms with van der Waals surface area (Å²) in [6, 6.07) is 6.18. The van der Waals surface area contributed by atoms with E-state index in [1.54, 1.807) is 15.9 Å². The molecule has 0 spiro atoms. The highest BCUT2D eigenvalue weighted by Crippen LogP contribution is 2.20. The highest BCUT2D eigenvalue weighted by atomic mass is 32.1. The Kier molecular flexibility index (Phi) is 3.20. The molecular formula is C13H10F2N2S2. The Morgan fingerprint density at radius 2 is 2.16 bits per heavy atom. The van der Waals surface area contributed by atoms with Crippen LogP contribution in [0.5, 0.6) is 0 Å². The van der Waals surface area contributed by atoms with Crippen LogP contribution in [0.4, 0.5) is 8.78 Å². The number of aromatic amines is 1. The van der Waals surface area contributed by atoms with Crippen molar-refractivity contribution in [1.82, 2.24) is 9.55 Å². The lowest BCUT2D eigenvalue weighted by Crippen LogP contribution is -2.00. The first-order chi connectivity index (χ1) is 9.15. The summed E-state index contributed by atoms with van der Waals surface area (Å²) in [6.45, 7) is 0.599. The molecule has 1 aromatic carbocycles. The van der Waals surface area contributed by atoms with Crippen molar-refractivity contribution in [2.45, 2.75) is 13.0 Å². The Morgan fingerprint density at radius 1 is 1.32 bits per heavy atom. The van der Waals surface area contributed by atoms with Gasteiger partial charge in [-0.15, -0.1) is 11.3 Å². The van der Waals surface area contributed by atoms with Gasteiger partial charge in [0.25, 0.3) is 0 Å². The largest absolute Gasteiger partial charge is 0.328 e. The zero-order valence-corrected chi connectivity index (χ0v) is 11.5. The van der Waals surface area contributed by atoms with Gasteiger partial charge >= 0.3 is 0 Å². The van der Waals surface area contributed by atoms with Crippen LogP contribution in [0.3, 0.4) is 0 Å². The number of benzene rings is 1. The Bertz CT molecular complexity index is 772. The van der Waals surface area contributed by atoms with E-state index >= 15 is 0 Å². The summed E-state index contributed by atoms with van der Waals surface area (Å²) in [7, 11) is 0. The van der Waals surface area contributed by atoms with Crippen LogP contribution < -0.4 is 0 Å². The van der Waals surface area contributed by atoms with Gasteiger partial charge in [-0.2, -0.15) is 0 Å². The maximum Gasteiger partial charge on any atom is 0.178 e. The van der Waals surface area contributed by atoms with Crippen LogP contribution >= 0.6 is 23.6 Å². The molecule has 1 N–H and O–H groups in total. The molecule has 2 heterocycles. The van der Waals surface area contributed by atoms with Crippen molar-refractivity contribution >= 4 is 34.6 Å². The van der Waals surface area contributed by atoms with Gasteiger partial charge in [0.05, 0.1) is 5.52 Å². The van der Waals surface area contributed by atoms with Gasteiger partial charge in [-0.1, -0.05) is 6.07 Å². The van der Waals surface area contributed by atoms with E-state index in [9.17, 15) is 8.78 Å². The van der Waals surface area contributed by atoms with E-state index in [1.807, 2.05) is 17.5 Å². The third kappa shape index (κ3) is 2.33. The molecule has 0 aliphatic carbocycles. The quantitative estimate of drug-likeness (QED) is 0.715. The lowest BCUT2D eigenvalue weighted by molar-refractivity contribution is 0.589. The molecule has 19 heavy (non-hydrogen) atoms. The molecule has 3 rings (SSSR count). The second kappa shape index (κ2) is 4.86. The molecule has 0 fully saturated rings. The van der Waals surface area contributed by atoms with Gasteiger partial charge in [0, 0.05) is 17.5 Å². The van der Waals surface area contributed by atoms with Crippen LogP contribution in [0.15, 0.2) is 29.6 Å². The summed E-state index contributed by atoms with van der Waals surface area (Å²) in [6.07, 6.45) is 0.789. The number of nitrogens with zero attached hydrogens (tertiary/aromatic N) is 1. The van der Waals surface area contributed by atoms with Crippen molar-refractivity contribution in [3.05, 3.63) is 50.9 Å². The maximum absolute atomic E-state index is 13.6. The Morgan fingerprint density at radius 3 is 2.89 bits per heavy atom. The van der Waals surface area contributed by atoms with Crippen molar-refractivity contribution < 1.29 is 8.78 Å². The molecule has 2 nitrogen and oxygen atoms in total. The molecule has 0 radical (unpaired) electrons. The molecule has 0 atom stereocenters. The second-order valence-electron chi connectivity index (χ2n) is 4.19. The third-order valence-corrected chi connectivity index (χ3v) is 4.22. The molecule has 0 bridgehead atoms. The number of nitrogens with one attached hydrogen (secondary N) is 1. The van der Waals surface area contributed by atoms with E-state index in [0.29, 0.717) is 16.8 Å². The van der Waals surface area contributed by atoms with E-state index in [1.165, 1.54) is 10.9 Å². The molecule has 2 aromatic heterocycles. The summed E-state index contributed by atoms with van der Waals surface area (Å²) < 4.78 is 29.1. The van der Waals surface area contributed by atoms with Gasteiger partial charge in [-0.05, 0) is 36.2 Å². The summed E-state index contributed by atoms with van der Waals surface area (Å²) in [5, 5.41) is 2.00. The first kappa shape index (κ1) is 12.5. The SMILES string of the molecule is Fc1cc(F)c2[nH]c(=S)n(CCc3cccs3)c2c1. The van der Waals surface area contributed by atoms with Crippen LogP contribution in [0, 0.1) is 16.4 Å². The standard InChI is InChI=1S/C13H10F2N2S2/c14-8-6-10(15)12-11(7-8)17(13(18)16-12)4-3-9-2-1-5-19-9/h1-2,5-7H,3-4H2,(H,16,18). The number of thiophene rings is 1. The minimum Gasteiger partial charge on any atom is -0.328 e. The Hall–Kier alpha value is -1.53. The van der Waals surface area contributed by atoms with Gasteiger partial charge < -0.3 is 9.55 Å². The zero-order chi connectivity index (χ0) is 13.4. The fourth-order valence-electron chi connectivity index (χ4n) is 2.08. The number of H-pyrrole nitrogens is 1. The van der Waals surface area contributed by atoms with Crippen LogP contribution in [0.2, 0.25) is 0 Å². The highest BCUT2D eigenvalue weighted by Gasteiger charge is 2.11. The molecular weight excluding hydrogens is 286 g/mol. The van der Waals surface area contributed by atoms with E-state index in [-0.39, 0.29) is 5.52 Å². The normalized spacial score (nSPS) is 11.3. The van der Waals surface area contributed by atoms with E-state index < -0.39 is 11.6 Å². The number of hydrogen-bond acceptors (Lipinski definition) is 2. The fourth-order valence-corrected chi connectivity index (χ4v) is 3.07. The maximum atomic E-state index is 13.6.